The van der Waals surface area contributed by atoms with Crippen LogP contribution in [0, 0.1) is 13.8 Å². The molecule has 0 aliphatic rings. The Labute approximate surface area is 104 Å². The third kappa shape index (κ3) is 3.30. The first kappa shape index (κ1) is 14.2. The van der Waals surface area contributed by atoms with E-state index in [0.29, 0.717) is 6.54 Å². The Morgan fingerprint density at radius 3 is 2.35 bits per heavy atom. The molecule has 0 spiro atoms. The fourth-order valence-electron chi connectivity index (χ4n) is 2.17. The average Bonchev–Trinajstić information content (AvgIpc) is 2.55. The van der Waals surface area contributed by atoms with Crippen LogP contribution in [0.4, 0.5) is 0 Å². The molecule has 0 saturated heterocycles. The lowest BCUT2D eigenvalue weighted by molar-refractivity contribution is 0.162. The second kappa shape index (κ2) is 6.17. The predicted octanol–water partition coefficient (Wildman–Crippen LogP) is 1.85. The van der Waals surface area contributed by atoms with Crippen molar-refractivity contribution in [2.24, 2.45) is 7.05 Å². The highest BCUT2D eigenvalue weighted by molar-refractivity contribution is 5.28. The van der Waals surface area contributed by atoms with Crippen molar-refractivity contribution in [3.8, 4) is 0 Å². The van der Waals surface area contributed by atoms with Gasteiger partial charge in [0.1, 0.15) is 0 Å². The molecule has 0 fully saturated rings. The summed E-state index contributed by atoms with van der Waals surface area (Å²) in [5.41, 5.74) is 3.56. The summed E-state index contributed by atoms with van der Waals surface area (Å²) in [4.78, 5) is 0. The first-order valence-corrected chi connectivity index (χ1v) is 6.42. The molecule has 1 aromatic heterocycles. The van der Waals surface area contributed by atoms with Crippen molar-refractivity contribution < 1.29 is 5.11 Å². The minimum atomic E-state index is -0.263. The van der Waals surface area contributed by atoms with Gasteiger partial charge in [0.05, 0.1) is 11.8 Å². The van der Waals surface area contributed by atoms with Crippen LogP contribution in [0.15, 0.2) is 0 Å². The van der Waals surface area contributed by atoms with Crippen LogP contribution in [0.25, 0.3) is 0 Å². The molecule has 1 heterocycles. The van der Waals surface area contributed by atoms with Gasteiger partial charge in [0.2, 0.25) is 0 Å². The molecule has 0 unspecified atom stereocenters. The van der Waals surface area contributed by atoms with Crippen molar-refractivity contribution in [2.45, 2.75) is 52.7 Å². The van der Waals surface area contributed by atoms with E-state index in [9.17, 15) is 5.11 Å². The van der Waals surface area contributed by atoms with E-state index in [-0.39, 0.29) is 12.1 Å². The number of hydrogen-bond acceptors (Lipinski definition) is 3. The fourth-order valence-corrected chi connectivity index (χ4v) is 2.17. The van der Waals surface area contributed by atoms with E-state index < -0.39 is 0 Å². The van der Waals surface area contributed by atoms with E-state index in [1.807, 2.05) is 25.6 Å². The molecule has 0 aliphatic carbocycles. The Balaban J connectivity index is 2.79. The van der Waals surface area contributed by atoms with Gasteiger partial charge in [0.15, 0.2) is 0 Å². The average molecular weight is 239 g/mol. The molecule has 2 N–H and O–H groups in total. The van der Waals surface area contributed by atoms with Crippen LogP contribution in [-0.4, -0.2) is 27.5 Å². The number of aryl methyl sites for hydroxylation is 2. The van der Waals surface area contributed by atoms with Crippen LogP contribution in [-0.2, 0) is 7.05 Å². The van der Waals surface area contributed by atoms with Crippen molar-refractivity contribution >= 4 is 0 Å². The molecular weight excluding hydrogens is 214 g/mol. The van der Waals surface area contributed by atoms with Crippen molar-refractivity contribution in [2.75, 3.05) is 6.54 Å². The fraction of sp³-hybridized carbons (Fsp3) is 0.769. The highest BCUT2D eigenvalue weighted by Crippen LogP contribution is 2.23. The largest absolute Gasteiger partial charge is 0.392 e. The summed E-state index contributed by atoms with van der Waals surface area (Å²) in [6.07, 6.45) is 1.53. The maximum absolute atomic E-state index is 9.61. The van der Waals surface area contributed by atoms with Crippen LogP contribution < -0.4 is 5.32 Å². The number of aliphatic hydroxyl groups excluding tert-OH is 1. The zero-order valence-electron chi connectivity index (χ0n) is 11.6. The maximum atomic E-state index is 9.61. The van der Waals surface area contributed by atoms with Crippen LogP contribution in [0.5, 0.6) is 0 Å². The first-order chi connectivity index (χ1) is 8.01. The number of aliphatic hydroxyl groups is 1. The number of nitrogens with one attached hydrogen (secondary N) is 1. The van der Waals surface area contributed by atoms with Gasteiger partial charge in [-0.15, -0.1) is 0 Å². The summed E-state index contributed by atoms with van der Waals surface area (Å²) in [5, 5.41) is 17.5. The van der Waals surface area contributed by atoms with Crippen LogP contribution >= 0.6 is 0 Å². The van der Waals surface area contributed by atoms with E-state index in [0.717, 1.165) is 18.5 Å². The Kier molecular flexibility index (Phi) is 5.15. The molecule has 17 heavy (non-hydrogen) atoms. The van der Waals surface area contributed by atoms with Crippen molar-refractivity contribution in [1.82, 2.24) is 15.1 Å². The normalized spacial score (nSPS) is 14.9. The monoisotopic (exact) mass is 239 g/mol. The molecule has 0 bridgehead atoms. The molecule has 1 aromatic rings. The zero-order chi connectivity index (χ0) is 13.0. The molecule has 1 rings (SSSR count). The Hall–Kier alpha value is -0.870. The molecule has 2 atom stereocenters. The lowest BCUT2D eigenvalue weighted by atomic mass is 10.0. The highest BCUT2D eigenvalue weighted by Gasteiger charge is 2.18. The third-order valence-corrected chi connectivity index (χ3v) is 3.39. The SMILES string of the molecule is CC[C@@H](O)CN[C@@H](CC)c1c(C)nn(C)c1C. The molecule has 4 heteroatoms. The Bertz CT molecular complexity index is 360. The molecule has 4 nitrogen and oxygen atoms in total. The first-order valence-electron chi connectivity index (χ1n) is 6.42. The van der Waals surface area contributed by atoms with E-state index in [2.05, 4.69) is 24.3 Å². The van der Waals surface area contributed by atoms with Gasteiger partial charge in [-0.2, -0.15) is 5.10 Å². The van der Waals surface area contributed by atoms with Gasteiger partial charge in [-0.3, -0.25) is 4.68 Å². The lowest BCUT2D eigenvalue weighted by Crippen LogP contribution is -2.30. The van der Waals surface area contributed by atoms with Gasteiger partial charge < -0.3 is 10.4 Å². The zero-order valence-corrected chi connectivity index (χ0v) is 11.6. The van der Waals surface area contributed by atoms with Crippen molar-refractivity contribution in [1.29, 1.82) is 0 Å². The molecule has 98 valence electrons. The third-order valence-electron chi connectivity index (χ3n) is 3.39. The van der Waals surface area contributed by atoms with Gasteiger partial charge in [0, 0.05) is 30.9 Å². The molecule has 0 aliphatic heterocycles. The Morgan fingerprint density at radius 2 is 1.94 bits per heavy atom. The smallest absolute Gasteiger partial charge is 0.0662 e. The minimum Gasteiger partial charge on any atom is -0.392 e. The van der Waals surface area contributed by atoms with Gasteiger partial charge >= 0.3 is 0 Å². The summed E-state index contributed by atoms with van der Waals surface area (Å²) < 4.78 is 1.92. The van der Waals surface area contributed by atoms with Crippen LogP contribution in [0.2, 0.25) is 0 Å². The summed E-state index contributed by atoms with van der Waals surface area (Å²) in [5.74, 6) is 0. The minimum absolute atomic E-state index is 0.263. The predicted molar refractivity (Wildman–Crippen MR) is 70.0 cm³/mol. The molecule has 0 amide bonds. The molecule has 0 radical (unpaired) electrons. The van der Waals surface area contributed by atoms with Crippen LogP contribution in [0.3, 0.4) is 0 Å². The van der Waals surface area contributed by atoms with E-state index in [1.165, 1.54) is 11.3 Å². The molecule has 0 aromatic carbocycles. The number of hydrogen-bond donors (Lipinski definition) is 2. The van der Waals surface area contributed by atoms with E-state index in [1.54, 1.807) is 0 Å². The van der Waals surface area contributed by atoms with Crippen molar-refractivity contribution in [3.63, 3.8) is 0 Å². The standard InChI is InChI=1S/C13H25N3O/c1-6-11(17)8-14-12(7-2)13-9(3)15-16(5)10(13)4/h11-12,14,17H,6-8H2,1-5H3/t11-,12+/m1/s1. The maximum Gasteiger partial charge on any atom is 0.0662 e. The summed E-state index contributed by atoms with van der Waals surface area (Å²) in [7, 11) is 1.97. The topological polar surface area (TPSA) is 50.1 Å². The van der Waals surface area contributed by atoms with Crippen molar-refractivity contribution in [3.05, 3.63) is 17.0 Å². The lowest BCUT2D eigenvalue weighted by Gasteiger charge is -2.19. The summed E-state index contributed by atoms with van der Waals surface area (Å²) in [6.45, 7) is 8.93. The van der Waals surface area contributed by atoms with Gasteiger partial charge in [0.25, 0.3) is 0 Å². The van der Waals surface area contributed by atoms with E-state index in [4.69, 9.17) is 0 Å². The van der Waals surface area contributed by atoms with Gasteiger partial charge in [-0.05, 0) is 26.7 Å². The van der Waals surface area contributed by atoms with E-state index >= 15 is 0 Å². The second-order valence-corrected chi connectivity index (χ2v) is 4.64. The molecular formula is C13H25N3O. The molecule has 0 saturated carbocycles. The summed E-state index contributed by atoms with van der Waals surface area (Å²) in [6, 6.07) is 0.282. The quantitative estimate of drug-likeness (QED) is 0.796. The van der Waals surface area contributed by atoms with Gasteiger partial charge in [-0.25, -0.2) is 0 Å². The van der Waals surface area contributed by atoms with Gasteiger partial charge in [-0.1, -0.05) is 13.8 Å². The highest BCUT2D eigenvalue weighted by atomic mass is 16.3. The Morgan fingerprint density at radius 1 is 1.29 bits per heavy atom. The second-order valence-electron chi connectivity index (χ2n) is 4.64. The van der Waals surface area contributed by atoms with Crippen LogP contribution in [0.1, 0.15) is 49.7 Å². The summed E-state index contributed by atoms with van der Waals surface area (Å²) >= 11 is 0. The number of nitrogens with zero attached hydrogens (tertiary/aromatic N) is 2. The number of aromatic nitrogens is 2. The number of rotatable bonds is 6.